The third-order valence-electron chi connectivity index (χ3n) is 6.32. The van der Waals surface area contributed by atoms with E-state index in [1.807, 2.05) is 12.4 Å². The lowest BCUT2D eigenvalue weighted by molar-refractivity contribution is 0.0322. The van der Waals surface area contributed by atoms with E-state index >= 15 is 0 Å². The van der Waals surface area contributed by atoms with Gasteiger partial charge >= 0.3 is 0 Å². The molecule has 0 saturated heterocycles. The van der Waals surface area contributed by atoms with Gasteiger partial charge in [0.1, 0.15) is 0 Å². The number of halogens is 1. The molecule has 2 heterocycles. The predicted molar refractivity (Wildman–Crippen MR) is 105 cm³/mol. The van der Waals surface area contributed by atoms with E-state index in [1.165, 1.54) is 19.3 Å². The lowest BCUT2D eigenvalue weighted by Crippen LogP contribution is -2.47. The minimum atomic E-state index is -0.0621. The van der Waals surface area contributed by atoms with Crippen LogP contribution in [0.3, 0.4) is 0 Å². The number of hydrogen-bond donors (Lipinski definition) is 1. The second-order valence-corrected chi connectivity index (χ2v) is 10.1. The van der Waals surface area contributed by atoms with Crippen LogP contribution in [0.2, 0.25) is 0 Å². The van der Waals surface area contributed by atoms with Gasteiger partial charge in [-0.15, -0.1) is 0 Å². The number of rotatable bonds is 4. The number of nitrogens with zero attached hydrogens (tertiary/aromatic N) is 3. The van der Waals surface area contributed by atoms with Gasteiger partial charge in [0.05, 0.1) is 11.9 Å². The van der Waals surface area contributed by atoms with Crippen molar-refractivity contribution in [2.45, 2.75) is 70.1 Å². The first-order chi connectivity index (χ1) is 12.3. The van der Waals surface area contributed by atoms with Crippen molar-refractivity contribution < 1.29 is 4.52 Å². The zero-order valence-corrected chi connectivity index (χ0v) is 17.4. The SMILES string of the molecule is CC(C)(C)c1noc(C23CCC(CNc4cncc(Br)c4)(CC2)CC3)n1. The maximum atomic E-state index is 5.73. The Morgan fingerprint density at radius 2 is 1.81 bits per heavy atom. The van der Waals surface area contributed by atoms with Crippen LogP contribution >= 0.6 is 15.9 Å². The molecule has 3 aliphatic rings. The Morgan fingerprint density at radius 3 is 2.38 bits per heavy atom. The fourth-order valence-corrected chi connectivity index (χ4v) is 4.76. The van der Waals surface area contributed by atoms with E-state index in [2.05, 4.69) is 58.2 Å². The molecule has 0 aliphatic heterocycles. The number of hydrogen-bond acceptors (Lipinski definition) is 5. The average Bonchev–Trinajstić information content (AvgIpc) is 3.13. The number of anilines is 1. The first-order valence-corrected chi connectivity index (χ1v) is 10.3. The summed E-state index contributed by atoms with van der Waals surface area (Å²) >= 11 is 3.49. The Morgan fingerprint density at radius 1 is 1.12 bits per heavy atom. The zero-order valence-electron chi connectivity index (χ0n) is 15.8. The Labute approximate surface area is 163 Å². The van der Waals surface area contributed by atoms with E-state index < -0.39 is 0 Å². The molecule has 0 amide bonds. The summed E-state index contributed by atoms with van der Waals surface area (Å²) in [4.78, 5) is 9.03. The lowest BCUT2D eigenvalue weighted by Gasteiger charge is -2.52. The van der Waals surface area contributed by atoms with Crippen LogP contribution in [0.25, 0.3) is 0 Å². The van der Waals surface area contributed by atoms with E-state index in [4.69, 9.17) is 9.51 Å². The molecule has 0 spiro atoms. The van der Waals surface area contributed by atoms with Gasteiger partial charge in [0, 0.05) is 28.0 Å². The fraction of sp³-hybridized carbons (Fsp3) is 0.650. The molecule has 2 aromatic rings. The summed E-state index contributed by atoms with van der Waals surface area (Å²) in [6.07, 6.45) is 10.8. The van der Waals surface area contributed by atoms with Gasteiger partial charge in [-0.25, -0.2) is 0 Å². The molecule has 26 heavy (non-hydrogen) atoms. The van der Waals surface area contributed by atoms with Gasteiger partial charge in [-0.2, -0.15) is 4.98 Å². The molecule has 2 aromatic heterocycles. The molecule has 3 saturated carbocycles. The van der Waals surface area contributed by atoms with E-state index in [-0.39, 0.29) is 10.8 Å². The summed E-state index contributed by atoms with van der Waals surface area (Å²) in [5, 5.41) is 7.87. The van der Waals surface area contributed by atoms with Gasteiger partial charge in [-0.3, -0.25) is 4.98 Å². The van der Waals surface area contributed by atoms with Crippen LogP contribution in [0.1, 0.15) is 71.0 Å². The number of aromatic nitrogens is 3. The standard InChI is InChI=1S/C20H27BrN4O/c1-18(2,3)16-24-17(26-25-16)20-7-4-19(5-8-20,6-9-20)13-23-15-10-14(21)11-22-12-15/h10-12,23H,4-9,13H2,1-3H3. The number of nitrogens with one attached hydrogen (secondary N) is 1. The van der Waals surface area contributed by atoms with E-state index in [9.17, 15) is 0 Å². The van der Waals surface area contributed by atoms with Crippen LogP contribution in [-0.4, -0.2) is 21.7 Å². The summed E-state index contributed by atoms with van der Waals surface area (Å²) in [6, 6.07) is 2.09. The van der Waals surface area contributed by atoms with Crippen molar-refractivity contribution in [1.29, 1.82) is 0 Å². The van der Waals surface area contributed by atoms with Crippen molar-refractivity contribution in [3.8, 4) is 0 Å². The molecule has 0 unspecified atom stereocenters. The highest BCUT2D eigenvalue weighted by atomic mass is 79.9. The molecular weight excluding hydrogens is 392 g/mol. The fourth-order valence-electron chi connectivity index (χ4n) is 4.39. The van der Waals surface area contributed by atoms with Gasteiger partial charge in [-0.05, 0) is 65.9 Å². The van der Waals surface area contributed by atoms with Gasteiger partial charge in [0.15, 0.2) is 5.82 Å². The third-order valence-corrected chi connectivity index (χ3v) is 6.76. The zero-order chi connectivity index (χ0) is 18.4. The summed E-state index contributed by atoms with van der Waals surface area (Å²) in [6.45, 7) is 7.41. The van der Waals surface area contributed by atoms with Crippen LogP contribution in [0.15, 0.2) is 27.5 Å². The summed E-state index contributed by atoms with van der Waals surface area (Å²) < 4.78 is 6.75. The number of fused-ring (bicyclic) bond motifs is 3. The molecule has 5 nitrogen and oxygen atoms in total. The number of pyridine rings is 1. The minimum Gasteiger partial charge on any atom is -0.383 e. The Balaban J connectivity index is 1.44. The van der Waals surface area contributed by atoms with Crippen LogP contribution in [-0.2, 0) is 10.8 Å². The first kappa shape index (κ1) is 18.0. The van der Waals surface area contributed by atoms with Gasteiger partial charge in [0.25, 0.3) is 0 Å². The Hall–Kier alpha value is -1.43. The highest BCUT2D eigenvalue weighted by molar-refractivity contribution is 9.10. The van der Waals surface area contributed by atoms with Crippen molar-refractivity contribution in [3.05, 3.63) is 34.6 Å². The van der Waals surface area contributed by atoms with Gasteiger partial charge in [0.2, 0.25) is 5.89 Å². The summed E-state index contributed by atoms with van der Waals surface area (Å²) in [5.41, 5.74) is 1.52. The van der Waals surface area contributed by atoms with Crippen LogP contribution in [0, 0.1) is 5.41 Å². The molecule has 0 radical (unpaired) electrons. The molecule has 140 valence electrons. The van der Waals surface area contributed by atoms with Crippen molar-refractivity contribution in [1.82, 2.24) is 15.1 Å². The van der Waals surface area contributed by atoms with Crippen molar-refractivity contribution in [2.75, 3.05) is 11.9 Å². The second-order valence-electron chi connectivity index (χ2n) is 9.20. The maximum absolute atomic E-state index is 5.73. The van der Waals surface area contributed by atoms with E-state index in [0.717, 1.165) is 47.7 Å². The van der Waals surface area contributed by atoms with Crippen molar-refractivity contribution in [3.63, 3.8) is 0 Å². The van der Waals surface area contributed by atoms with Crippen molar-refractivity contribution >= 4 is 21.6 Å². The minimum absolute atomic E-state index is 0.0621. The Bertz CT molecular complexity index is 771. The highest BCUT2D eigenvalue weighted by Crippen LogP contribution is 2.57. The van der Waals surface area contributed by atoms with Crippen molar-refractivity contribution in [2.24, 2.45) is 5.41 Å². The smallest absolute Gasteiger partial charge is 0.232 e. The molecule has 2 bridgehead atoms. The highest BCUT2D eigenvalue weighted by Gasteiger charge is 2.52. The normalized spacial score (nSPS) is 28.3. The monoisotopic (exact) mass is 418 g/mol. The van der Waals surface area contributed by atoms with E-state index in [0.29, 0.717) is 5.41 Å². The van der Waals surface area contributed by atoms with E-state index in [1.54, 1.807) is 0 Å². The van der Waals surface area contributed by atoms with Gasteiger partial charge < -0.3 is 9.84 Å². The summed E-state index contributed by atoms with van der Waals surface area (Å²) in [5.74, 6) is 1.70. The molecular formula is C20H27BrN4O. The molecule has 0 atom stereocenters. The van der Waals surface area contributed by atoms with Gasteiger partial charge in [-0.1, -0.05) is 25.9 Å². The van der Waals surface area contributed by atoms with Crippen LogP contribution < -0.4 is 5.32 Å². The molecule has 3 fully saturated rings. The quantitative estimate of drug-likeness (QED) is 0.735. The molecule has 6 heteroatoms. The molecule has 1 N–H and O–H groups in total. The maximum Gasteiger partial charge on any atom is 0.232 e. The lowest BCUT2D eigenvalue weighted by atomic mass is 9.53. The topological polar surface area (TPSA) is 63.8 Å². The first-order valence-electron chi connectivity index (χ1n) is 9.50. The average molecular weight is 419 g/mol. The van der Waals surface area contributed by atoms with Crippen LogP contribution in [0.5, 0.6) is 0 Å². The predicted octanol–water partition coefficient (Wildman–Crippen LogP) is 5.23. The third kappa shape index (κ3) is 3.28. The summed E-state index contributed by atoms with van der Waals surface area (Å²) in [7, 11) is 0. The molecule has 3 aliphatic carbocycles. The molecule has 0 aromatic carbocycles. The second kappa shape index (κ2) is 6.32. The Kier molecular flexibility index (Phi) is 4.37. The molecule has 5 rings (SSSR count). The van der Waals surface area contributed by atoms with Crippen LogP contribution in [0.4, 0.5) is 5.69 Å². The largest absolute Gasteiger partial charge is 0.383 e.